The van der Waals surface area contributed by atoms with Crippen LogP contribution < -0.4 is 0 Å². The first-order valence-electron chi connectivity index (χ1n) is 7.51. The molecule has 114 valence electrons. The van der Waals surface area contributed by atoms with Crippen LogP contribution in [0.3, 0.4) is 0 Å². The first kappa shape index (κ1) is 15.7. The molecule has 1 heterocycles. The van der Waals surface area contributed by atoms with Crippen LogP contribution in [0.4, 0.5) is 4.39 Å². The summed E-state index contributed by atoms with van der Waals surface area (Å²) < 4.78 is 13.6. The van der Waals surface area contributed by atoms with E-state index < -0.39 is 0 Å². The van der Waals surface area contributed by atoms with Crippen LogP contribution in [0.15, 0.2) is 30.9 Å². The fourth-order valence-electron chi connectivity index (χ4n) is 2.68. The molecule has 1 amide bonds. The average molecular weight is 290 g/mol. The van der Waals surface area contributed by atoms with Crippen molar-refractivity contribution in [2.75, 3.05) is 32.7 Å². The molecule has 0 N–H and O–H groups in total. The van der Waals surface area contributed by atoms with E-state index in [-0.39, 0.29) is 11.7 Å². The van der Waals surface area contributed by atoms with Gasteiger partial charge in [0.25, 0.3) is 5.91 Å². The highest BCUT2D eigenvalue weighted by molar-refractivity contribution is 5.95. The van der Waals surface area contributed by atoms with Gasteiger partial charge in [-0.1, -0.05) is 12.1 Å². The van der Waals surface area contributed by atoms with Crippen molar-refractivity contribution in [1.82, 2.24) is 9.80 Å². The van der Waals surface area contributed by atoms with E-state index in [1.54, 1.807) is 19.1 Å². The summed E-state index contributed by atoms with van der Waals surface area (Å²) in [6.07, 6.45) is 3.85. The summed E-state index contributed by atoms with van der Waals surface area (Å²) in [6.45, 7) is 9.70. The Morgan fingerprint density at radius 3 is 2.90 bits per heavy atom. The van der Waals surface area contributed by atoms with E-state index in [4.69, 9.17) is 0 Å². The van der Waals surface area contributed by atoms with Gasteiger partial charge in [0.05, 0.1) is 0 Å². The van der Waals surface area contributed by atoms with Gasteiger partial charge in [-0.3, -0.25) is 4.79 Å². The molecule has 2 rings (SSSR count). The maximum atomic E-state index is 13.6. The lowest BCUT2D eigenvalue weighted by molar-refractivity contribution is 0.0760. The van der Waals surface area contributed by atoms with Crippen molar-refractivity contribution in [2.45, 2.75) is 19.8 Å². The summed E-state index contributed by atoms with van der Waals surface area (Å²) in [5.41, 5.74) is 0.921. The monoisotopic (exact) mass is 290 g/mol. The second-order valence-corrected chi connectivity index (χ2v) is 5.48. The number of rotatable bonds is 4. The second-order valence-electron chi connectivity index (χ2n) is 5.48. The Kier molecular flexibility index (Phi) is 5.51. The van der Waals surface area contributed by atoms with Gasteiger partial charge < -0.3 is 9.80 Å². The number of carbonyl (C=O) groups is 1. The van der Waals surface area contributed by atoms with Crippen LogP contribution in [-0.4, -0.2) is 48.4 Å². The zero-order valence-corrected chi connectivity index (χ0v) is 12.6. The minimum absolute atomic E-state index is 0.0578. The Morgan fingerprint density at radius 2 is 2.14 bits per heavy atom. The smallest absolute Gasteiger partial charge is 0.254 e. The normalized spacial score (nSPS) is 16.6. The lowest BCUT2D eigenvalue weighted by Gasteiger charge is -2.22. The lowest BCUT2D eigenvalue weighted by atomic mass is 10.1. The quantitative estimate of drug-likeness (QED) is 0.796. The number of halogens is 1. The molecule has 1 aliphatic heterocycles. The Bertz CT molecular complexity index is 516. The number of benzene rings is 1. The van der Waals surface area contributed by atoms with Crippen molar-refractivity contribution in [1.29, 1.82) is 0 Å². The summed E-state index contributed by atoms with van der Waals surface area (Å²) in [5, 5.41) is 0. The summed E-state index contributed by atoms with van der Waals surface area (Å²) in [6, 6.07) is 4.70. The SMILES string of the molecule is C=CCCN1CCCN(C(=O)c2cccc(F)c2C)CC1. The standard InChI is InChI=1S/C17H23FN2O/c1-3-4-9-19-10-6-11-20(13-12-19)17(21)15-7-5-8-16(18)14(15)2/h3,5,7-8H,1,4,6,9-13H2,2H3. The van der Waals surface area contributed by atoms with Crippen LogP contribution in [0, 0.1) is 12.7 Å². The average Bonchev–Trinajstić information content (AvgIpc) is 2.73. The van der Waals surface area contributed by atoms with Crippen LogP contribution in [-0.2, 0) is 0 Å². The minimum Gasteiger partial charge on any atom is -0.337 e. The van der Waals surface area contributed by atoms with Gasteiger partial charge in [0, 0.05) is 31.7 Å². The summed E-state index contributed by atoms with van der Waals surface area (Å²) in [5.74, 6) is -0.374. The maximum Gasteiger partial charge on any atom is 0.254 e. The number of amides is 1. The summed E-state index contributed by atoms with van der Waals surface area (Å²) in [7, 11) is 0. The van der Waals surface area contributed by atoms with Gasteiger partial charge in [0.15, 0.2) is 0 Å². The summed E-state index contributed by atoms with van der Waals surface area (Å²) >= 11 is 0. The molecule has 0 atom stereocenters. The van der Waals surface area contributed by atoms with Gasteiger partial charge in [-0.2, -0.15) is 0 Å². The first-order chi connectivity index (χ1) is 10.1. The minimum atomic E-state index is -0.316. The molecular weight excluding hydrogens is 267 g/mol. The van der Waals surface area contributed by atoms with E-state index in [1.807, 2.05) is 11.0 Å². The van der Waals surface area contributed by atoms with E-state index in [2.05, 4.69) is 11.5 Å². The van der Waals surface area contributed by atoms with Gasteiger partial charge in [-0.25, -0.2) is 4.39 Å². The zero-order chi connectivity index (χ0) is 15.2. The topological polar surface area (TPSA) is 23.6 Å². The van der Waals surface area contributed by atoms with Crippen LogP contribution in [0.2, 0.25) is 0 Å². The van der Waals surface area contributed by atoms with E-state index >= 15 is 0 Å². The molecule has 0 spiro atoms. The predicted molar refractivity (Wildman–Crippen MR) is 82.9 cm³/mol. The number of carbonyl (C=O) groups excluding carboxylic acids is 1. The van der Waals surface area contributed by atoms with Gasteiger partial charge in [-0.15, -0.1) is 6.58 Å². The van der Waals surface area contributed by atoms with Crippen LogP contribution in [0.5, 0.6) is 0 Å². The van der Waals surface area contributed by atoms with Crippen molar-refractivity contribution in [3.8, 4) is 0 Å². The van der Waals surface area contributed by atoms with Crippen molar-refractivity contribution in [3.05, 3.63) is 47.8 Å². The summed E-state index contributed by atoms with van der Waals surface area (Å²) in [4.78, 5) is 16.8. The first-order valence-corrected chi connectivity index (χ1v) is 7.51. The van der Waals surface area contributed by atoms with Crippen LogP contribution in [0.25, 0.3) is 0 Å². The molecule has 0 unspecified atom stereocenters. The van der Waals surface area contributed by atoms with Gasteiger partial charge in [-0.05, 0) is 44.0 Å². The van der Waals surface area contributed by atoms with E-state index in [9.17, 15) is 9.18 Å². The Labute approximate surface area is 126 Å². The predicted octanol–water partition coefficient (Wildman–Crippen LogP) is 2.86. The highest BCUT2D eigenvalue weighted by Crippen LogP contribution is 2.16. The van der Waals surface area contributed by atoms with E-state index in [1.165, 1.54) is 6.07 Å². The molecule has 1 fully saturated rings. The molecule has 3 nitrogen and oxygen atoms in total. The van der Waals surface area contributed by atoms with E-state index in [0.717, 1.165) is 39.0 Å². The van der Waals surface area contributed by atoms with Crippen molar-refractivity contribution < 1.29 is 9.18 Å². The fourth-order valence-corrected chi connectivity index (χ4v) is 2.68. The highest BCUT2D eigenvalue weighted by atomic mass is 19.1. The number of hydrogen-bond acceptors (Lipinski definition) is 2. The Balaban J connectivity index is 2.03. The highest BCUT2D eigenvalue weighted by Gasteiger charge is 2.21. The molecule has 1 aromatic rings. The second kappa shape index (κ2) is 7.36. The molecule has 0 aliphatic carbocycles. The lowest BCUT2D eigenvalue weighted by Crippen LogP contribution is -2.35. The molecule has 21 heavy (non-hydrogen) atoms. The molecule has 1 aromatic carbocycles. The third-order valence-corrected chi connectivity index (χ3v) is 4.02. The van der Waals surface area contributed by atoms with Crippen LogP contribution in [0.1, 0.15) is 28.8 Å². The number of nitrogens with zero attached hydrogens (tertiary/aromatic N) is 2. The fraction of sp³-hybridized carbons (Fsp3) is 0.471. The Hall–Kier alpha value is -1.68. The van der Waals surface area contributed by atoms with Crippen molar-refractivity contribution >= 4 is 5.91 Å². The van der Waals surface area contributed by atoms with Gasteiger partial charge in [0.2, 0.25) is 0 Å². The molecule has 0 bridgehead atoms. The molecule has 1 aliphatic rings. The van der Waals surface area contributed by atoms with E-state index in [0.29, 0.717) is 17.7 Å². The van der Waals surface area contributed by atoms with Crippen LogP contribution >= 0.6 is 0 Å². The largest absolute Gasteiger partial charge is 0.337 e. The molecule has 0 saturated carbocycles. The molecular formula is C17H23FN2O. The van der Waals surface area contributed by atoms with Crippen molar-refractivity contribution in [2.24, 2.45) is 0 Å². The third-order valence-electron chi connectivity index (χ3n) is 4.02. The molecule has 1 saturated heterocycles. The molecule has 4 heteroatoms. The maximum absolute atomic E-state index is 13.6. The Morgan fingerprint density at radius 1 is 1.33 bits per heavy atom. The zero-order valence-electron chi connectivity index (χ0n) is 12.6. The van der Waals surface area contributed by atoms with Crippen molar-refractivity contribution in [3.63, 3.8) is 0 Å². The molecule has 0 radical (unpaired) electrons. The van der Waals surface area contributed by atoms with Gasteiger partial charge in [0.1, 0.15) is 5.82 Å². The molecule has 0 aromatic heterocycles. The third kappa shape index (κ3) is 3.91. The van der Waals surface area contributed by atoms with Gasteiger partial charge >= 0.3 is 0 Å². The number of hydrogen-bond donors (Lipinski definition) is 0.